The second kappa shape index (κ2) is 28.2. The van der Waals surface area contributed by atoms with E-state index in [0.29, 0.717) is 31.6 Å². The van der Waals surface area contributed by atoms with Crippen molar-refractivity contribution in [1.82, 2.24) is 19.9 Å². The minimum atomic E-state index is -0.455. The van der Waals surface area contributed by atoms with Crippen LogP contribution < -0.4 is 40.3 Å². The van der Waals surface area contributed by atoms with Crippen molar-refractivity contribution in [3.8, 4) is 23.0 Å². The molecule has 4 aromatic heterocycles. The Morgan fingerprint density at radius 2 is 0.628 bits per heavy atom. The second-order valence-corrected chi connectivity index (χ2v) is 29.8. The van der Waals surface area contributed by atoms with Crippen molar-refractivity contribution in [3.63, 3.8) is 0 Å². The molecule has 0 amide bonds. The third-order valence-electron chi connectivity index (χ3n) is 18.2. The molecule has 0 unspecified atom stereocenters. The number of nitrogens with one attached hydrogen (secondary N) is 4. The van der Waals surface area contributed by atoms with Gasteiger partial charge < -0.3 is 48.4 Å². The first-order chi connectivity index (χ1) is 44.9. The number of esters is 2. The standard InChI is InChI=1S/C80H90Br2N4O8/c1-41(2)75(42(3)4)91-65-29-21-25-53-57-35-63-73-67(93-77(45(9)10)46(11)12)34-32-50(40-90-80(88)52-24-18-20-28-56(52)82)70(73)60(86-63)38-62-72-54(26-22-30-66(72)92-76(43(5)6)44(7)8)58(84-62)36-64-74-68(94-78(47(13)14)48(15)16)33-31-49(39-89-79(87)51-23-17-19-27-55(51)81)69(74)59(85-64)37-61(83-57)71(53)65/h17-38,41-48,75-78,83-86H,39-40H2,1-16H3. The second-order valence-electron chi connectivity index (χ2n) is 28.1. The third-order valence-corrected chi connectivity index (χ3v) is 19.6. The molecule has 8 bridgehead atoms. The Balaban J connectivity index is 1.31. The van der Waals surface area contributed by atoms with E-state index in [9.17, 15) is 9.59 Å². The number of fused-ring (bicyclic) bond motifs is 20. The van der Waals surface area contributed by atoms with E-state index in [1.165, 1.54) is 0 Å². The van der Waals surface area contributed by atoms with Gasteiger partial charge >= 0.3 is 11.9 Å². The number of benzene rings is 6. The van der Waals surface area contributed by atoms with E-state index >= 15 is 0 Å². The van der Waals surface area contributed by atoms with Crippen LogP contribution in [0.25, 0.3) is 67.4 Å². The van der Waals surface area contributed by atoms with Crippen LogP contribution in [0.5, 0.6) is 23.0 Å². The Labute approximate surface area is 568 Å². The summed E-state index contributed by atoms with van der Waals surface area (Å²) >= 11 is 7.20. The van der Waals surface area contributed by atoms with Crippen LogP contribution in [0.2, 0.25) is 0 Å². The summed E-state index contributed by atoms with van der Waals surface area (Å²) in [5.41, 5.74) is 5.46. The van der Waals surface area contributed by atoms with Crippen molar-refractivity contribution in [1.29, 1.82) is 0 Å². The SMILES string of the molecule is CC(C)C(Oc1ccc(COC(=O)c2ccccc2Br)c2c3[nH]c(c12)C=c1[nH]c(c2c(OC(C(C)C)C(C)C)cccc12)=Cc1[nH]c(c2c(OC(C(C)C)C(C)C)ccc(COC(=O)c4ccccc4Br)c12)C=c1[nH]c(c2c(OC(C(C)C)C(C)C)cccc12)=C3)C(C)C. The van der Waals surface area contributed by atoms with Gasteiger partial charge in [-0.15, -0.1) is 0 Å². The van der Waals surface area contributed by atoms with Gasteiger partial charge in [-0.3, -0.25) is 0 Å². The first-order valence-corrected chi connectivity index (χ1v) is 35.0. The van der Waals surface area contributed by atoms with Crippen LogP contribution in [-0.2, 0) is 22.7 Å². The zero-order valence-electron chi connectivity index (χ0n) is 57.1. The topological polar surface area (TPSA) is 153 Å². The molecular weight excluding hydrogens is 1300 g/mol. The Morgan fingerprint density at radius 3 is 0.947 bits per heavy atom. The van der Waals surface area contributed by atoms with Gasteiger partial charge in [0, 0.05) is 74.1 Å². The molecule has 12 nitrogen and oxygen atoms in total. The van der Waals surface area contributed by atoms with Crippen molar-refractivity contribution in [3.05, 3.63) is 185 Å². The van der Waals surface area contributed by atoms with Crippen LogP contribution in [0, 0.1) is 47.3 Å². The highest BCUT2D eigenvalue weighted by Gasteiger charge is 2.29. The molecule has 0 saturated carbocycles. The monoisotopic (exact) mass is 1390 g/mol. The molecule has 11 rings (SSSR count). The van der Waals surface area contributed by atoms with Crippen LogP contribution in [0.1, 0.15) is 165 Å². The molecular formula is C80H90Br2N4O8. The van der Waals surface area contributed by atoms with E-state index in [1.807, 2.05) is 60.7 Å². The fourth-order valence-electron chi connectivity index (χ4n) is 14.1. The van der Waals surface area contributed by atoms with E-state index in [2.05, 4.69) is 223 Å². The van der Waals surface area contributed by atoms with Gasteiger partial charge in [-0.2, -0.15) is 0 Å². The Kier molecular flexibility index (Phi) is 20.2. The summed E-state index contributed by atoms with van der Waals surface area (Å²) in [4.78, 5) is 44.2. The summed E-state index contributed by atoms with van der Waals surface area (Å²) in [6.45, 7) is 35.2. The molecule has 0 atom stereocenters. The lowest BCUT2D eigenvalue weighted by Crippen LogP contribution is -2.29. The Morgan fingerprint density at radius 1 is 0.330 bits per heavy atom. The van der Waals surface area contributed by atoms with Crippen LogP contribution in [0.3, 0.4) is 0 Å². The van der Waals surface area contributed by atoms with Gasteiger partial charge in [-0.05, 0) is 163 Å². The smallest absolute Gasteiger partial charge is 0.339 e. The molecule has 0 fully saturated rings. The van der Waals surface area contributed by atoms with Crippen molar-refractivity contribution in [2.45, 2.75) is 148 Å². The Hall–Kier alpha value is -7.94. The maximum absolute atomic E-state index is 14.2. The molecule has 5 heterocycles. The minimum absolute atomic E-state index is 0.0415. The van der Waals surface area contributed by atoms with Crippen molar-refractivity contribution in [2.24, 2.45) is 47.3 Å². The summed E-state index contributed by atoms with van der Waals surface area (Å²) in [6.07, 6.45) is 8.15. The largest absolute Gasteiger partial charge is 0.489 e. The number of hydrogen-bond acceptors (Lipinski definition) is 8. The third kappa shape index (κ3) is 13.7. The fraction of sp³-hybridized carbons (Fsp3) is 0.375. The highest BCUT2D eigenvalue weighted by molar-refractivity contribution is 9.10. The lowest BCUT2D eigenvalue weighted by Gasteiger charge is -2.27. The minimum Gasteiger partial charge on any atom is -0.489 e. The predicted octanol–water partition coefficient (Wildman–Crippen LogP) is 17.7. The van der Waals surface area contributed by atoms with Crippen LogP contribution in [0.4, 0.5) is 0 Å². The summed E-state index contributed by atoms with van der Waals surface area (Å²) in [7, 11) is 0. The molecule has 4 N–H and O–H groups in total. The van der Waals surface area contributed by atoms with E-state index < -0.39 is 11.9 Å². The van der Waals surface area contributed by atoms with E-state index in [-0.39, 0.29) is 85.0 Å². The highest BCUT2D eigenvalue weighted by Crippen LogP contribution is 2.41. The molecule has 0 spiro atoms. The van der Waals surface area contributed by atoms with Crippen LogP contribution in [0.15, 0.2) is 118 Å². The summed E-state index contributed by atoms with van der Waals surface area (Å²) in [5.74, 6) is 3.43. The first-order valence-electron chi connectivity index (χ1n) is 33.4. The van der Waals surface area contributed by atoms with E-state index in [4.69, 9.17) is 28.4 Å². The number of rotatable bonds is 22. The molecule has 0 radical (unpaired) electrons. The number of halogens is 2. The highest BCUT2D eigenvalue weighted by atomic mass is 79.9. The number of aromatic nitrogens is 4. The zero-order valence-corrected chi connectivity index (χ0v) is 60.2. The number of ether oxygens (including phenoxy) is 6. The average molecular weight is 1400 g/mol. The van der Waals surface area contributed by atoms with Gasteiger partial charge in [0.15, 0.2) is 0 Å². The first kappa shape index (κ1) is 67.5. The van der Waals surface area contributed by atoms with E-state index in [0.717, 1.165) is 110 Å². The van der Waals surface area contributed by atoms with Gasteiger partial charge in [-0.1, -0.05) is 171 Å². The van der Waals surface area contributed by atoms with E-state index in [1.54, 1.807) is 12.1 Å². The molecule has 0 saturated heterocycles. The summed E-state index contributed by atoms with van der Waals surface area (Å²) in [5, 5.41) is 10.1. The number of H-pyrrole nitrogens is 4. The molecule has 6 aromatic carbocycles. The molecule has 94 heavy (non-hydrogen) atoms. The van der Waals surface area contributed by atoms with Crippen molar-refractivity contribution < 1.29 is 38.0 Å². The van der Waals surface area contributed by atoms with Gasteiger partial charge in [0.05, 0.1) is 33.2 Å². The lowest BCUT2D eigenvalue weighted by atomic mass is 9.96. The quantitative estimate of drug-likeness (QED) is 0.0490. The average Bonchev–Trinajstić information content (AvgIpc) is 1.58. The molecule has 0 aliphatic carbocycles. The number of hydrogen-bond donors (Lipinski definition) is 4. The molecule has 10 aromatic rings. The van der Waals surface area contributed by atoms with Gasteiger partial charge in [0.1, 0.15) is 60.6 Å². The van der Waals surface area contributed by atoms with Crippen LogP contribution >= 0.6 is 31.9 Å². The van der Waals surface area contributed by atoms with Gasteiger partial charge in [0.2, 0.25) is 0 Å². The number of aromatic amines is 4. The molecule has 1 aliphatic rings. The predicted molar refractivity (Wildman–Crippen MR) is 389 cm³/mol. The molecule has 1 aliphatic heterocycles. The van der Waals surface area contributed by atoms with Gasteiger partial charge in [0.25, 0.3) is 0 Å². The number of carbonyl (C=O) groups is 2. The number of carbonyl (C=O) groups excluding carboxylic acids is 2. The summed E-state index contributed by atoms with van der Waals surface area (Å²) in [6, 6.07) is 35.3. The van der Waals surface area contributed by atoms with Crippen molar-refractivity contribution >= 4 is 111 Å². The Bertz CT molecular complexity index is 4400. The van der Waals surface area contributed by atoms with Gasteiger partial charge in [-0.25, -0.2) is 9.59 Å². The maximum atomic E-state index is 14.2. The maximum Gasteiger partial charge on any atom is 0.339 e. The lowest BCUT2D eigenvalue weighted by molar-refractivity contribution is 0.0464. The zero-order chi connectivity index (χ0) is 67.1. The fourth-order valence-corrected chi connectivity index (χ4v) is 15.0. The van der Waals surface area contributed by atoms with Crippen molar-refractivity contribution in [2.75, 3.05) is 0 Å². The summed E-state index contributed by atoms with van der Waals surface area (Å²) < 4.78 is 43.1. The normalized spacial score (nSPS) is 12.7. The molecule has 14 heteroatoms. The van der Waals surface area contributed by atoms with Crippen LogP contribution in [-0.4, -0.2) is 56.3 Å². The molecule has 492 valence electrons.